The van der Waals surface area contributed by atoms with E-state index in [0.717, 1.165) is 63.8 Å². The van der Waals surface area contributed by atoms with Crippen LogP contribution in [0.25, 0.3) is 21.9 Å². The molecule has 3 rings (SSSR count). The molecule has 0 bridgehead atoms. The first-order valence-electron chi connectivity index (χ1n) is 8.88. The van der Waals surface area contributed by atoms with Crippen LogP contribution in [0.3, 0.4) is 0 Å². The third kappa shape index (κ3) is 3.82. The Hall–Kier alpha value is -2.15. The normalized spacial score (nSPS) is 11.2. The lowest BCUT2D eigenvalue weighted by molar-refractivity contribution is 0.138. The Morgan fingerprint density at radius 2 is 2.12 bits per heavy atom. The van der Waals surface area contributed by atoms with Crippen LogP contribution in [0.4, 0.5) is 5.82 Å². The first-order chi connectivity index (χ1) is 12.5. The fourth-order valence-corrected chi connectivity index (χ4v) is 3.40. The Kier molecular flexibility index (Phi) is 5.76. The minimum absolute atomic E-state index is 0.476. The number of nitrogens with zero attached hydrogens (tertiary/aromatic N) is 4. The standard InChI is InChI=1S/C19H24BrN5O/c1-4-6-16-23-17-18(25(16)9-5-10-26-24-12(2)3)14-8-7-13(20)11-15(14)22-19(17)21/h7-8,11H,4-6,9-10H2,1-3H3,(H2,21,22). The molecule has 0 amide bonds. The Labute approximate surface area is 161 Å². The number of nitrogen functional groups attached to an aromatic ring is 1. The van der Waals surface area contributed by atoms with Crippen LogP contribution >= 0.6 is 15.9 Å². The van der Waals surface area contributed by atoms with E-state index in [9.17, 15) is 0 Å². The Bertz CT molecular complexity index is 960. The topological polar surface area (TPSA) is 78.3 Å². The number of oxime groups is 1. The summed E-state index contributed by atoms with van der Waals surface area (Å²) in [5, 5.41) is 5.06. The lowest BCUT2D eigenvalue weighted by Crippen LogP contribution is -2.06. The molecule has 0 atom stereocenters. The second-order valence-corrected chi connectivity index (χ2v) is 7.43. The molecule has 0 fully saturated rings. The number of aryl methyl sites for hydroxylation is 2. The monoisotopic (exact) mass is 417 g/mol. The molecule has 0 radical (unpaired) electrons. The number of halogens is 1. The quantitative estimate of drug-likeness (QED) is 0.343. The molecule has 0 aliphatic carbocycles. The third-order valence-corrected chi connectivity index (χ3v) is 4.58. The summed E-state index contributed by atoms with van der Waals surface area (Å²) in [6.07, 6.45) is 2.77. The summed E-state index contributed by atoms with van der Waals surface area (Å²) in [7, 11) is 0. The van der Waals surface area contributed by atoms with Gasteiger partial charge in [0, 0.05) is 29.2 Å². The molecule has 0 unspecified atom stereocenters. The van der Waals surface area contributed by atoms with Gasteiger partial charge in [-0.15, -0.1) is 0 Å². The largest absolute Gasteiger partial charge is 0.396 e. The van der Waals surface area contributed by atoms with Crippen LogP contribution in [-0.2, 0) is 17.8 Å². The molecule has 3 aromatic rings. The zero-order valence-electron chi connectivity index (χ0n) is 15.4. The Balaban J connectivity index is 2.04. The van der Waals surface area contributed by atoms with E-state index in [1.807, 2.05) is 26.0 Å². The maximum Gasteiger partial charge on any atom is 0.152 e. The average Bonchev–Trinajstić information content (AvgIpc) is 2.94. The van der Waals surface area contributed by atoms with Gasteiger partial charge in [0.2, 0.25) is 0 Å². The highest BCUT2D eigenvalue weighted by molar-refractivity contribution is 9.10. The number of imidazole rings is 1. The summed E-state index contributed by atoms with van der Waals surface area (Å²) in [6.45, 7) is 7.37. The number of fused-ring (bicyclic) bond motifs is 3. The van der Waals surface area contributed by atoms with Gasteiger partial charge in [0.1, 0.15) is 17.9 Å². The van der Waals surface area contributed by atoms with Crippen LogP contribution in [0.1, 0.15) is 39.4 Å². The molecular weight excluding hydrogens is 394 g/mol. The molecule has 6 nitrogen and oxygen atoms in total. The summed E-state index contributed by atoms with van der Waals surface area (Å²) < 4.78 is 3.25. The number of anilines is 1. The predicted molar refractivity (Wildman–Crippen MR) is 110 cm³/mol. The van der Waals surface area contributed by atoms with Gasteiger partial charge in [-0.25, -0.2) is 9.97 Å². The number of nitrogens with two attached hydrogens (primary N) is 1. The summed E-state index contributed by atoms with van der Waals surface area (Å²) in [6, 6.07) is 6.09. The van der Waals surface area contributed by atoms with Gasteiger partial charge in [-0.3, -0.25) is 0 Å². The van der Waals surface area contributed by atoms with Gasteiger partial charge in [-0.1, -0.05) is 28.0 Å². The van der Waals surface area contributed by atoms with Crippen molar-refractivity contribution in [1.29, 1.82) is 0 Å². The molecule has 0 saturated heterocycles. The van der Waals surface area contributed by atoms with Gasteiger partial charge in [-0.2, -0.15) is 0 Å². The third-order valence-electron chi connectivity index (χ3n) is 4.08. The van der Waals surface area contributed by atoms with Crippen LogP contribution in [0.2, 0.25) is 0 Å². The zero-order chi connectivity index (χ0) is 18.7. The average molecular weight is 418 g/mol. The zero-order valence-corrected chi connectivity index (χ0v) is 17.0. The molecule has 2 N–H and O–H groups in total. The second-order valence-electron chi connectivity index (χ2n) is 6.51. The maximum atomic E-state index is 6.22. The summed E-state index contributed by atoms with van der Waals surface area (Å²) >= 11 is 3.51. The fraction of sp³-hybridized carbons (Fsp3) is 0.421. The molecule has 2 heterocycles. The highest BCUT2D eigenvalue weighted by atomic mass is 79.9. The van der Waals surface area contributed by atoms with Crippen LogP contribution in [-0.4, -0.2) is 26.9 Å². The summed E-state index contributed by atoms with van der Waals surface area (Å²) in [5.41, 5.74) is 9.84. The molecule has 0 aliphatic rings. The van der Waals surface area contributed by atoms with Crippen molar-refractivity contribution in [2.45, 2.75) is 46.6 Å². The van der Waals surface area contributed by atoms with E-state index in [1.165, 1.54) is 0 Å². The number of aromatic nitrogens is 3. The Morgan fingerprint density at radius 1 is 1.31 bits per heavy atom. The van der Waals surface area contributed by atoms with Crippen LogP contribution in [0.15, 0.2) is 27.8 Å². The van der Waals surface area contributed by atoms with E-state index in [1.54, 1.807) is 0 Å². The molecule has 2 aromatic heterocycles. The van der Waals surface area contributed by atoms with Crippen molar-refractivity contribution in [3.05, 3.63) is 28.5 Å². The molecule has 138 valence electrons. The van der Waals surface area contributed by atoms with E-state index < -0.39 is 0 Å². The maximum absolute atomic E-state index is 6.22. The SMILES string of the molecule is CCCc1nc2c(N)nc3cc(Br)ccc3c2n1CCCON=C(C)C. The van der Waals surface area contributed by atoms with Crippen molar-refractivity contribution in [2.75, 3.05) is 12.3 Å². The van der Waals surface area contributed by atoms with Crippen molar-refractivity contribution in [2.24, 2.45) is 5.16 Å². The van der Waals surface area contributed by atoms with Gasteiger partial charge in [0.15, 0.2) is 5.82 Å². The number of hydrogen-bond acceptors (Lipinski definition) is 5. The van der Waals surface area contributed by atoms with Gasteiger partial charge in [-0.05, 0) is 38.5 Å². The fourth-order valence-electron chi connectivity index (χ4n) is 3.05. The molecule has 0 aliphatic heterocycles. The highest BCUT2D eigenvalue weighted by Crippen LogP contribution is 2.31. The predicted octanol–water partition coefficient (Wildman–Crippen LogP) is 4.68. The van der Waals surface area contributed by atoms with E-state index in [0.29, 0.717) is 12.4 Å². The minimum atomic E-state index is 0.476. The molecule has 0 saturated carbocycles. The second kappa shape index (κ2) is 8.03. The number of hydrogen-bond donors (Lipinski definition) is 1. The molecule has 26 heavy (non-hydrogen) atoms. The van der Waals surface area contributed by atoms with Crippen LogP contribution < -0.4 is 5.73 Å². The molecule has 7 heteroatoms. The smallest absolute Gasteiger partial charge is 0.152 e. The van der Waals surface area contributed by atoms with E-state index in [-0.39, 0.29) is 0 Å². The van der Waals surface area contributed by atoms with Crippen molar-refractivity contribution in [1.82, 2.24) is 14.5 Å². The highest BCUT2D eigenvalue weighted by Gasteiger charge is 2.17. The van der Waals surface area contributed by atoms with Crippen molar-refractivity contribution in [3.8, 4) is 0 Å². The van der Waals surface area contributed by atoms with E-state index >= 15 is 0 Å². The summed E-state index contributed by atoms with van der Waals surface area (Å²) in [5.74, 6) is 1.52. The van der Waals surface area contributed by atoms with Gasteiger partial charge in [0.25, 0.3) is 0 Å². The molecular formula is C19H24BrN5O. The van der Waals surface area contributed by atoms with Crippen molar-refractivity contribution in [3.63, 3.8) is 0 Å². The lowest BCUT2D eigenvalue weighted by Gasteiger charge is -2.10. The minimum Gasteiger partial charge on any atom is -0.396 e. The van der Waals surface area contributed by atoms with Crippen molar-refractivity contribution < 1.29 is 4.84 Å². The van der Waals surface area contributed by atoms with Crippen molar-refractivity contribution >= 4 is 49.4 Å². The molecule has 1 aromatic carbocycles. The van der Waals surface area contributed by atoms with Gasteiger partial charge >= 0.3 is 0 Å². The van der Waals surface area contributed by atoms with E-state index in [4.69, 9.17) is 15.6 Å². The first kappa shape index (κ1) is 18.6. The van der Waals surface area contributed by atoms with Crippen LogP contribution in [0, 0.1) is 0 Å². The molecule has 0 spiro atoms. The van der Waals surface area contributed by atoms with Gasteiger partial charge in [0.05, 0.1) is 16.7 Å². The Morgan fingerprint density at radius 3 is 2.85 bits per heavy atom. The van der Waals surface area contributed by atoms with Crippen LogP contribution in [0.5, 0.6) is 0 Å². The van der Waals surface area contributed by atoms with E-state index in [2.05, 4.69) is 43.6 Å². The lowest BCUT2D eigenvalue weighted by atomic mass is 10.2. The van der Waals surface area contributed by atoms with Gasteiger partial charge < -0.3 is 15.1 Å². The number of pyridine rings is 1. The first-order valence-corrected chi connectivity index (χ1v) is 9.67. The summed E-state index contributed by atoms with van der Waals surface area (Å²) in [4.78, 5) is 14.7. The number of benzene rings is 1. The number of rotatable bonds is 7.